The number of aromatic amines is 1. The van der Waals surface area contributed by atoms with Gasteiger partial charge in [-0.25, -0.2) is 4.79 Å². The molecule has 2 aromatic rings. The molecule has 1 heterocycles. The van der Waals surface area contributed by atoms with E-state index in [4.69, 9.17) is 9.47 Å². The summed E-state index contributed by atoms with van der Waals surface area (Å²) in [4.78, 5) is 39.5. The number of carbonyl (C=O) groups excluding carboxylic acids is 3. The number of rotatable bonds is 8. The average molecular weight is 401 g/mol. The van der Waals surface area contributed by atoms with Gasteiger partial charge in [-0.05, 0) is 51.5 Å². The second kappa shape index (κ2) is 9.27. The molecule has 3 N–H and O–H groups in total. The number of amides is 1. The van der Waals surface area contributed by atoms with Crippen LogP contribution in [0.2, 0.25) is 0 Å². The number of H-pyrrole nitrogens is 1. The van der Waals surface area contributed by atoms with E-state index in [1.165, 1.54) is 14.0 Å². The molecule has 1 aromatic heterocycles. The third kappa shape index (κ3) is 4.96. The lowest BCUT2D eigenvalue weighted by atomic mass is 10.0. The fourth-order valence-electron chi connectivity index (χ4n) is 3.12. The molecule has 0 fully saturated rings. The lowest BCUT2D eigenvalue weighted by molar-refractivity contribution is -0.114. The van der Waals surface area contributed by atoms with E-state index < -0.39 is 12.0 Å². The Kier molecular flexibility index (Phi) is 7.03. The number of carbonyl (C=O) groups is 3. The molecule has 0 saturated carbocycles. The smallest absolute Gasteiger partial charge is 0.340 e. The van der Waals surface area contributed by atoms with Gasteiger partial charge < -0.3 is 25.1 Å². The van der Waals surface area contributed by atoms with E-state index in [-0.39, 0.29) is 18.3 Å². The monoisotopic (exact) mass is 401 g/mol. The quantitative estimate of drug-likeness (QED) is 0.462. The minimum atomic E-state index is -0.622. The number of anilines is 2. The summed E-state index contributed by atoms with van der Waals surface area (Å²) in [5, 5.41) is 5.82. The molecule has 0 aliphatic rings. The largest absolute Gasteiger partial charge is 0.495 e. The Morgan fingerprint density at radius 1 is 1.21 bits per heavy atom. The molecular weight excluding hydrogens is 374 g/mol. The summed E-state index contributed by atoms with van der Waals surface area (Å²) in [6.07, 6.45) is 0. The molecule has 1 amide bonds. The first-order chi connectivity index (χ1) is 13.7. The van der Waals surface area contributed by atoms with E-state index in [2.05, 4.69) is 15.6 Å². The number of ketones is 1. The van der Waals surface area contributed by atoms with Crippen molar-refractivity contribution in [1.82, 2.24) is 4.98 Å². The second-order valence-electron chi connectivity index (χ2n) is 6.67. The van der Waals surface area contributed by atoms with Gasteiger partial charge in [0.2, 0.25) is 11.7 Å². The number of esters is 1. The zero-order valence-electron chi connectivity index (χ0n) is 17.6. The van der Waals surface area contributed by atoms with Gasteiger partial charge >= 0.3 is 5.97 Å². The summed E-state index contributed by atoms with van der Waals surface area (Å²) in [6.45, 7) is 8.57. The molecule has 29 heavy (non-hydrogen) atoms. The van der Waals surface area contributed by atoms with Crippen LogP contribution in [0.4, 0.5) is 11.4 Å². The van der Waals surface area contributed by atoms with Gasteiger partial charge in [0.15, 0.2) is 0 Å². The molecule has 1 unspecified atom stereocenters. The molecule has 0 spiro atoms. The molecule has 2 rings (SSSR count). The van der Waals surface area contributed by atoms with Crippen molar-refractivity contribution in [2.75, 3.05) is 24.4 Å². The molecule has 0 aliphatic heterocycles. The van der Waals surface area contributed by atoms with Gasteiger partial charge in [-0.15, -0.1) is 0 Å². The van der Waals surface area contributed by atoms with Gasteiger partial charge in [0.1, 0.15) is 5.75 Å². The molecule has 0 aliphatic carbocycles. The first kappa shape index (κ1) is 22.0. The van der Waals surface area contributed by atoms with Gasteiger partial charge in [-0.2, -0.15) is 0 Å². The van der Waals surface area contributed by atoms with E-state index >= 15 is 0 Å². The third-order valence-electron chi connectivity index (χ3n) is 4.45. The SMILES string of the molecule is CCOC(=O)c1c(C)[nH]c(C(=O)C(C)Nc2cc(NC(C)=O)ccc2OC)c1C. The number of Topliss-reactive ketones (excluding diaryl/α,β-unsaturated/α-hetero) is 1. The number of methoxy groups -OCH3 is 1. The average Bonchev–Trinajstić information content (AvgIpc) is 2.95. The van der Waals surface area contributed by atoms with Gasteiger partial charge in [-0.1, -0.05) is 0 Å². The lowest BCUT2D eigenvalue weighted by Crippen LogP contribution is -2.27. The van der Waals surface area contributed by atoms with Crippen molar-refractivity contribution >= 4 is 29.0 Å². The Labute approximate surface area is 170 Å². The van der Waals surface area contributed by atoms with Crippen LogP contribution in [0.5, 0.6) is 5.75 Å². The van der Waals surface area contributed by atoms with Crippen molar-refractivity contribution in [2.45, 2.75) is 40.7 Å². The number of hydrogen-bond acceptors (Lipinski definition) is 6. The van der Waals surface area contributed by atoms with Crippen LogP contribution in [0.25, 0.3) is 0 Å². The van der Waals surface area contributed by atoms with Gasteiger partial charge in [0.25, 0.3) is 0 Å². The Hall–Kier alpha value is -3.29. The zero-order chi connectivity index (χ0) is 21.7. The summed E-state index contributed by atoms with van der Waals surface area (Å²) < 4.78 is 10.4. The van der Waals surface area contributed by atoms with Crippen molar-refractivity contribution in [3.8, 4) is 5.75 Å². The summed E-state index contributed by atoms with van der Waals surface area (Å²) in [6, 6.07) is 4.49. The Balaban J connectivity index is 2.29. The lowest BCUT2D eigenvalue weighted by Gasteiger charge is -2.18. The van der Waals surface area contributed by atoms with Gasteiger partial charge in [-0.3, -0.25) is 9.59 Å². The molecule has 8 nitrogen and oxygen atoms in total. The molecule has 1 atom stereocenters. The van der Waals surface area contributed by atoms with Gasteiger partial charge in [0.05, 0.1) is 36.7 Å². The summed E-state index contributed by atoms with van der Waals surface area (Å²) in [5.41, 5.74) is 3.01. The summed E-state index contributed by atoms with van der Waals surface area (Å²) in [5.74, 6) is -0.337. The number of nitrogens with one attached hydrogen (secondary N) is 3. The maximum absolute atomic E-state index is 13.0. The van der Waals surface area contributed by atoms with Crippen LogP contribution in [0.1, 0.15) is 52.9 Å². The molecule has 0 radical (unpaired) electrons. The second-order valence-corrected chi connectivity index (χ2v) is 6.67. The predicted octanol–water partition coefficient (Wildman–Crippen LogP) is 3.46. The molecule has 0 bridgehead atoms. The van der Waals surface area contributed by atoms with Crippen LogP contribution in [0, 0.1) is 13.8 Å². The Bertz CT molecular complexity index is 933. The van der Waals surface area contributed by atoms with E-state index in [0.29, 0.717) is 39.6 Å². The Morgan fingerprint density at radius 3 is 2.48 bits per heavy atom. The highest BCUT2D eigenvalue weighted by atomic mass is 16.5. The normalized spacial score (nSPS) is 11.5. The maximum atomic E-state index is 13.0. The van der Waals surface area contributed by atoms with Crippen molar-refractivity contribution in [3.63, 3.8) is 0 Å². The van der Waals surface area contributed by atoms with Crippen molar-refractivity contribution in [1.29, 1.82) is 0 Å². The molecule has 1 aromatic carbocycles. The summed E-state index contributed by atoms with van der Waals surface area (Å²) >= 11 is 0. The van der Waals surface area contributed by atoms with Crippen molar-refractivity contribution in [2.24, 2.45) is 0 Å². The van der Waals surface area contributed by atoms with Crippen molar-refractivity contribution in [3.05, 3.63) is 40.7 Å². The van der Waals surface area contributed by atoms with Crippen LogP contribution in [0.15, 0.2) is 18.2 Å². The fraction of sp³-hybridized carbons (Fsp3) is 0.381. The molecular formula is C21H27N3O5. The number of aromatic nitrogens is 1. The third-order valence-corrected chi connectivity index (χ3v) is 4.45. The highest BCUT2D eigenvalue weighted by Gasteiger charge is 2.26. The number of ether oxygens (including phenoxy) is 2. The van der Waals surface area contributed by atoms with Crippen LogP contribution in [-0.4, -0.2) is 42.4 Å². The van der Waals surface area contributed by atoms with Crippen LogP contribution < -0.4 is 15.4 Å². The fourth-order valence-corrected chi connectivity index (χ4v) is 3.12. The first-order valence-electron chi connectivity index (χ1n) is 9.32. The number of aryl methyl sites for hydroxylation is 1. The maximum Gasteiger partial charge on any atom is 0.340 e. The van der Waals surface area contributed by atoms with E-state index in [0.717, 1.165) is 0 Å². The van der Waals surface area contributed by atoms with E-state index in [1.807, 2.05) is 0 Å². The van der Waals surface area contributed by atoms with Crippen LogP contribution >= 0.6 is 0 Å². The van der Waals surface area contributed by atoms with Crippen LogP contribution in [-0.2, 0) is 9.53 Å². The number of benzene rings is 1. The minimum Gasteiger partial charge on any atom is -0.495 e. The topological polar surface area (TPSA) is 110 Å². The van der Waals surface area contributed by atoms with Crippen molar-refractivity contribution < 1.29 is 23.9 Å². The van der Waals surface area contributed by atoms with E-state index in [1.54, 1.807) is 45.9 Å². The standard InChI is InChI=1S/C21H27N3O5/c1-7-29-21(27)18-11(2)19(23-12(18)3)20(26)13(4)22-16-10-15(24-14(5)25)8-9-17(16)28-6/h8-10,13,22-23H,7H2,1-6H3,(H,24,25). The Morgan fingerprint density at radius 2 is 1.90 bits per heavy atom. The highest BCUT2D eigenvalue weighted by molar-refractivity contribution is 6.05. The summed E-state index contributed by atoms with van der Waals surface area (Å²) in [7, 11) is 1.52. The highest BCUT2D eigenvalue weighted by Crippen LogP contribution is 2.29. The van der Waals surface area contributed by atoms with E-state index in [9.17, 15) is 14.4 Å². The molecule has 8 heteroatoms. The number of hydrogen-bond donors (Lipinski definition) is 3. The molecule has 156 valence electrons. The van der Waals surface area contributed by atoms with Crippen LogP contribution in [0.3, 0.4) is 0 Å². The van der Waals surface area contributed by atoms with Gasteiger partial charge in [0, 0.05) is 18.3 Å². The predicted molar refractivity (Wildman–Crippen MR) is 111 cm³/mol. The molecule has 0 saturated heterocycles. The first-order valence-corrected chi connectivity index (χ1v) is 9.32. The minimum absolute atomic E-state index is 0.200. The zero-order valence-corrected chi connectivity index (χ0v) is 17.6.